The van der Waals surface area contributed by atoms with Crippen molar-refractivity contribution in [1.82, 2.24) is 0 Å². The lowest BCUT2D eigenvalue weighted by Crippen LogP contribution is -2.20. The molecule has 0 spiro atoms. The molecule has 0 aromatic heterocycles. The number of hydrogen-bond donors (Lipinski definition) is 1. The molecule has 0 amide bonds. The standard InChI is InChI=1S/C14H16O/c1-3-13-9-12(10-14(13,2)15)11-7-5-4-6-8-11/h4-8,12,15H,1,9-10H2,2H3/t12-,14?/m0/s1. The van der Waals surface area contributed by atoms with Crippen molar-refractivity contribution in [1.29, 1.82) is 0 Å². The van der Waals surface area contributed by atoms with Crippen LogP contribution in [0.3, 0.4) is 0 Å². The SMILES string of the molecule is C=C=C1C[C@H](c2ccccc2)CC1(C)O. The number of rotatable bonds is 1. The summed E-state index contributed by atoms with van der Waals surface area (Å²) >= 11 is 0. The third kappa shape index (κ3) is 1.90. The van der Waals surface area contributed by atoms with Crippen LogP contribution in [0, 0.1) is 0 Å². The third-order valence-corrected chi connectivity index (χ3v) is 3.23. The molecule has 78 valence electrons. The van der Waals surface area contributed by atoms with Crippen LogP contribution in [0.15, 0.2) is 48.2 Å². The van der Waals surface area contributed by atoms with Gasteiger partial charge in [-0.15, -0.1) is 5.73 Å². The van der Waals surface area contributed by atoms with E-state index in [0.29, 0.717) is 5.92 Å². The van der Waals surface area contributed by atoms with Crippen LogP contribution >= 0.6 is 0 Å². The molecule has 1 N–H and O–H groups in total. The Balaban J connectivity index is 2.27. The first-order valence-electron chi connectivity index (χ1n) is 5.30. The first-order chi connectivity index (χ1) is 7.13. The number of benzene rings is 1. The van der Waals surface area contributed by atoms with Gasteiger partial charge in [0.2, 0.25) is 0 Å². The van der Waals surface area contributed by atoms with Gasteiger partial charge in [0.25, 0.3) is 0 Å². The molecule has 1 aliphatic carbocycles. The molecule has 1 nitrogen and oxygen atoms in total. The first-order valence-corrected chi connectivity index (χ1v) is 5.30. The van der Waals surface area contributed by atoms with Crippen molar-refractivity contribution in [3.8, 4) is 0 Å². The second-order valence-corrected chi connectivity index (χ2v) is 4.45. The van der Waals surface area contributed by atoms with E-state index < -0.39 is 5.60 Å². The topological polar surface area (TPSA) is 20.2 Å². The average molecular weight is 200 g/mol. The van der Waals surface area contributed by atoms with E-state index >= 15 is 0 Å². The summed E-state index contributed by atoms with van der Waals surface area (Å²) in [5.41, 5.74) is 4.39. The van der Waals surface area contributed by atoms with Crippen molar-refractivity contribution in [2.75, 3.05) is 0 Å². The van der Waals surface area contributed by atoms with Gasteiger partial charge in [-0.05, 0) is 31.2 Å². The smallest absolute Gasteiger partial charge is 0.0908 e. The van der Waals surface area contributed by atoms with Gasteiger partial charge >= 0.3 is 0 Å². The Morgan fingerprint density at radius 3 is 2.60 bits per heavy atom. The lowest BCUT2D eigenvalue weighted by molar-refractivity contribution is 0.103. The Hall–Kier alpha value is -1.30. The quantitative estimate of drug-likeness (QED) is 0.691. The Kier molecular flexibility index (Phi) is 2.52. The molecule has 1 aromatic carbocycles. The van der Waals surface area contributed by atoms with Gasteiger partial charge in [0.15, 0.2) is 0 Å². The summed E-state index contributed by atoms with van der Waals surface area (Å²) in [7, 11) is 0. The monoisotopic (exact) mass is 200 g/mol. The van der Waals surface area contributed by atoms with E-state index in [0.717, 1.165) is 18.4 Å². The average Bonchev–Trinajstić information content (AvgIpc) is 2.55. The maximum absolute atomic E-state index is 10.1. The molecule has 1 aliphatic rings. The van der Waals surface area contributed by atoms with Crippen molar-refractivity contribution in [3.63, 3.8) is 0 Å². The third-order valence-electron chi connectivity index (χ3n) is 3.23. The van der Waals surface area contributed by atoms with E-state index in [-0.39, 0.29) is 0 Å². The van der Waals surface area contributed by atoms with Crippen molar-refractivity contribution < 1.29 is 5.11 Å². The zero-order chi connectivity index (χ0) is 10.9. The summed E-state index contributed by atoms with van der Waals surface area (Å²) in [6.45, 7) is 5.50. The minimum absolute atomic E-state index is 0.408. The molecule has 1 unspecified atom stereocenters. The molecular weight excluding hydrogens is 184 g/mol. The largest absolute Gasteiger partial charge is 0.385 e. The number of aliphatic hydroxyl groups is 1. The fraction of sp³-hybridized carbons (Fsp3) is 0.357. The maximum Gasteiger partial charge on any atom is 0.0908 e. The van der Waals surface area contributed by atoms with E-state index in [2.05, 4.69) is 24.4 Å². The maximum atomic E-state index is 10.1. The summed E-state index contributed by atoms with van der Waals surface area (Å²) in [5, 5.41) is 10.1. The van der Waals surface area contributed by atoms with Crippen LogP contribution in [0.2, 0.25) is 0 Å². The van der Waals surface area contributed by atoms with Crippen molar-refractivity contribution in [3.05, 3.63) is 53.8 Å². The Bertz CT molecular complexity index is 397. The molecule has 15 heavy (non-hydrogen) atoms. The highest BCUT2D eigenvalue weighted by Gasteiger charge is 2.38. The second-order valence-electron chi connectivity index (χ2n) is 4.45. The van der Waals surface area contributed by atoms with Crippen molar-refractivity contribution >= 4 is 0 Å². The van der Waals surface area contributed by atoms with Gasteiger partial charge < -0.3 is 5.11 Å². The predicted octanol–water partition coefficient (Wildman–Crippen LogP) is 3.03. The van der Waals surface area contributed by atoms with Crippen LogP contribution in [0.4, 0.5) is 0 Å². The molecule has 0 bridgehead atoms. The molecule has 2 atom stereocenters. The molecular formula is C14H16O. The van der Waals surface area contributed by atoms with Crippen LogP contribution in [-0.2, 0) is 0 Å². The van der Waals surface area contributed by atoms with Gasteiger partial charge in [0.05, 0.1) is 5.60 Å². The lowest BCUT2D eigenvalue weighted by atomic mass is 9.95. The van der Waals surface area contributed by atoms with Gasteiger partial charge in [-0.1, -0.05) is 36.9 Å². The molecule has 1 heteroatoms. The molecule has 0 aliphatic heterocycles. The van der Waals surface area contributed by atoms with Crippen LogP contribution in [0.1, 0.15) is 31.2 Å². The summed E-state index contributed by atoms with van der Waals surface area (Å²) in [6, 6.07) is 10.3. The van der Waals surface area contributed by atoms with E-state index in [4.69, 9.17) is 0 Å². The fourth-order valence-electron chi connectivity index (χ4n) is 2.36. The van der Waals surface area contributed by atoms with Gasteiger partial charge in [0, 0.05) is 5.57 Å². The van der Waals surface area contributed by atoms with Gasteiger partial charge in [-0.2, -0.15) is 0 Å². The van der Waals surface area contributed by atoms with E-state index in [1.54, 1.807) is 0 Å². The molecule has 0 saturated heterocycles. The Morgan fingerprint density at radius 1 is 1.40 bits per heavy atom. The molecule has 0 heterocycles. The van der Waals surface area contributed by atoms with Gasteiger partial charge in [-0.25, -0.2) is 0 Å². The predicted molar refractivity (Wildman–Crippen MR) is 61.7 cm³/mol. The first kappa shape index (κ1) is 10.2. The molecule has 2 rings (SSSR count). The minimum Gasteiger partial charge on any atom is -0.385 e. The normalized spacial score (nSPS) is 30.3. The van der Waals surface area contributed by atoms with Crippen molar-refractivity contribution in [2.45, 2.75) is 31.3 Å². The lowest BCUT2D eigenvalue weighted by Gasteiger charge is -2.16. The van der Waals surface area contributed by atoms with Crippen LogP contribution in [0.25, 0.3) is 0 Å². The zero-order valence-corrected chi connectivity index (χ0v) is 9.03. The highest BCUT2D eigenvalue weighted by Crippen LogP contribution is 2.43. The molecule has 1 aromatic rings. The highest BCUT2D eigenvalue weighted by atomic mass is 16.3. The van der Waals surface area contributed by atoms with Gasteiger partial charge in [0.1, 0.15) is 0 Å². The zero-order valence-electron chi connectivity index (χ0n) is 9.03. The molecule has 0 radical (unpaired) electrons. The Labute approximate surface area is 90.8 Å². The van der Waals surface area contributed by atoms with Crippen molar-refractivity contribution in [2.24, 2.45) is 0 Å². The van der Waals surface area contributed by atoms with E-state index in [1.807, 2.05) is 25.1 Å². The van der Waals surface area contributed by atoms with E-state index in [1.165, 1.54) is 5.56 Å². The van der Waals surface area contributed by atoms with Crippen LogP contribution in [-0.4, -0.2) is 10.7 Å². The summed E-state index contributed by atoms with van der Waals surface area (Å²) in [5.74, 6) is 0.408. The van der Waals surface area contributed by atoms with E-state index in [9.17, 15) is 5.11 Å². The minimum atomic E-state index is -0.720. The summed E-state index contributed by atoms with van der Waals surface area (Å²) in [6.07, 6.45) is 1.65. The second kappa shape index (κ2) is 3.69. The van der Waals surface area contributed by atoms with Crippen LogP contribution in [0.5, 0.6) is 0 Å². The van der Waals surface area contributed by atoms with Crippen LogP contribution < -0.4 is 0 Å². The highest BCUT2D eigenvalue weighted by molar-refractivity contribution is 5.30. The molecule has 1 saturated carbocycles. The fourth-order valence-corrected chi connectivity index (χ4v) is 2.36. The number of hydrogen-bond acceptors (Lipinski definition) is 1. The summed E-state index contributed by atoms with van der Waals surface area (Å²) < 4.78 is 0. The Morgan fingerprint density at radius 2 is 2.07 bits per heavy atom. The molecule has 1 fully saturated rings. The summed E-state index contributed by atoms with van der Waals surface area (Å²) in [4.78, 5) is 0. The van der Waals surface area contributed by atoms with Gasteiger partial charge in [-0.3, -0.25) is 0 Å².